The predicted octanol–water partition coefficient (Wildman–Crippen LogP) is 1.93. The van der Waals surface area contributed by atoms with Gasteiger partial charge in [-0.25, -0.2) is 9.18 Å². The van der Waals surface area contributed by atoms with Crippen LogP contribution in [0.2, 0.25) is 0 Å². The summed E-state index contributed by atoms with van der Waals surface area (Å²) in [6.07, 6.45) is -3.45. The van der Waals surface area contributed by atoms with Crippen LogP contribution < -0.4 is 5.73 Å². The minimum atomic E-state index is -4.59. The molecule has 20 heavy (non-hydrogen) atoms. The van der Waals surface area contributed by atoms with Gasteiger partial charge in [0.15, 0.2) is 5.69 Å². The van der Waals surface area contributed by atoms with E-state index in [1.165, 1.54) is 0 Å². The Morgan fingerprint density at radius 3 is 2.35 bits per heavy atom. The molecule has 4 N–H and O–H groups in total. The zero-order chi connectivity index (χ0) is 15.3. The van der Waals surface area contributed by atoms with Crippen molar-refractivity contribution in [1.82, 2.24) is 15.4 Å². The molecule has 0 amide bonds. The Morgan fingerprint density at radius 2 is 2.00 bits per heavy atom. The van der Waals surface area contributed by atoms with E-state index >= 15 is 0 Å². The zero-order valence-corrected chi connectivity index (χ0v) is 9.65. The molecular weight excluding hydrogens is 284 g/mol. The number of aromatic nitrogens is 3. The second kappa shape index (κ2) is 5.99. The van der Waals surface area contributed by atoms with E-state index in [1.54, 1.807) is 0 Å². The number of aromatic amines is 1. The molecule has 0 saturated heterocycles. The highest BCUT2D eigenvalue weighted by atomic mass is 19.4. The first-order chi connectivity index (χ1) is 9.21. The number of carbonyl (C=O) groups is 1. The van der Waals surface area contributed by atoms with E-state index in [2.05, 4.69) is 15.4 Å². The number of carboxylic acid groups (broad SMARTS) is 1. The minimum absolute atomic E-state index is 0.0648. The van der Waals surface area contributed by atoms with Crippen molar-refractivity contribution in [3.8, 4) is 0 Å². The molecule has 0 atom stereocenters. The van der Waals surface area contributed by atoms with Crippen LogP contribution in [0, 0.1) is 5.82 Å². The molecule has 108 valence electrons. The average Bonchev–Trinajstić information content (AvgIpc) is 2.85. The maximum Gasteiger partial charge on any atom is 0.418 e. The van der Waals surface area contributed by atoms with Crippen LogP contribution in [0.5, 0.6) is 0 Å². The largest absolute Gasteiger partial charge is 0.476 e. The van der Waals surface area contributed by atoms with Crippen molar-refractivity contribution in [3.05, 3.63) is 41.5 Å². The Bertz CT molecular complexity index is 583. The molecule has 0 aliphatic carbocycles. The molecule has 10 heteroatoms. The standard InChI is InChI=1S/C7H5F4N.C3H3N3O2/c8-4-1-2-6(12)5(3-4)7(9,10)11;7-3(8)2-1-4-6-5-2/h1-3H,12H2;1H,(H,7,8)(H,4,5,6). The summed E-state index contributed by atoms with van der Waals surface area (Å²) in [5.41, 5.74) is 3.32. The summed E-state index contributed by atoms with van der Waals surface area (Å²) in [5.74, 6) is -2.02. The highest BCUT2D eigenvalue weighted by Gasteiger charge is 2.33. The van der Waals surface area contributed by atoms with Gasteiger partial charge in [-0.05, 0) is 18.2 Å². The van der Waals surface area contributed by atoms with Crippen molar-refractivity contribution >= 4 is 11.7 Å². The predicted molar refractivity (Wildman–Crippen MR) is 59.2 cm³/mol. The highest BCUT2D eigenvalue weighted by molar-refractivity contribution is 5.84. The van der Waals surface area contributed by atoms with Crippen LogP contribution in [0.25, 0.3) is 0 Å². The molecule has 2 aromatic rings. The third kappa shape index (κ3) is 4.23. The van der Waals surface area contributed by atoms with Gasteiger partial charge >= 0.3 is 12.1 Å². The van der Waals surface area contributed by atoms with Crippen molar-refractivity contribution in [2.45, 2.75) is 6.18 Å². The summed E-state index contributed by atoms with van der Waals surface area (Å²) in [5, 5.41) is 16.9. The Hall–Kier alpha value is -2.65. The molecule has 6 nitrogen and oxygen atoms in total. The van der Waals surface area contributed by atoms with Gasteiger partial charge in [0, 0.05) is 5.69 Å². The first kappa shape index (κ1) is 15.4. The number of nitrogen functional groups attached to an aromatic ring is 1. The lowest BCUT2D eigenvalue weighted by Crippen LogP contribution is -2.09. The topological polar surface area (TPSA) is 105 Å². The Morgan fingerprint density at radius 1 is 1.35 bits per heavy atom. The number of nitrogens with one attached hydrogen (secondary N) is 1. The number of alkyl halides is 3. The molecule has 1 aromatic carbocycles. The number of nitrogens with two attached hydrogens (primary N) is 1. The van der Waals surface area contributed by atoms with E-state index in [-0.39, 0.29) is 5.69 Å². The first-order valence-corrected chi connectivity index (χ1v) is 4.93. The van der Waals surface area contributed by atoms with Crippen molar-refractivity contribution in [2.24, 2.45) is 0 Å². The minimum Gasteiger partial charge on any atom is -0.476 e. The molecule has 0 aliphatic rings. The molecular formula is C10H8F4N4O2. The average molecular weight is 292 g/mol. The third-order valence-electron chi connectivity index (χ3n) is 1.95. The summed E-state index contributed by atoms with van der Waals surface area (Å²) in [6.45, 7) is 0. The van der Waals surface area contributed by atoms with E-state index in [0.29, 0.717) is 6.07 Å². The SMILES string of the molecule is Nc1ccc(F)cc1C(F)(F)F.O=C(O)c1cn[nH]n1. The van der Waals surface area contributed by atoms with Gasteiger partial charge < -0.3 is 10.8 Å². The number of nitrogens with zero attached hydrogens (tertiary/aromatic N) is 2. The Labute approximate surface area is 109 Å². The van der Waals surface area contributed by atoms with Crippen molar-refractivity contribution < 1.29 is 27.5 Å². The van der Waals surface area contributed by atoms with E-state index < -0.39 is 29.2 Å². The van der Waals surface area contributed by atoms with Gasteiger partial charge in [-0.3, -0.25) is 0 Å². The lowest BCUT2D eigenvalue weighted by atomic mass is 10.2. The Balaban J connectivity index is 0.000000217. The summed E-state index contributed by atoms with van der Waals surface area (Å²) >= 11 is 0. The normalized spacial score (nSPS) is 10.6. The number of hydrogen-bond donors (Lipinski definition) is 3. The number of carboxylic acids is 1. The molecule has 2 rings (SSSR count). The van der Waals surface area contributed by atoms with E-state index in [0.717, 1.165) is 18.3 Å². The molecule has 1 aromatic heterocycles. The maximum absolute atomic E-state index is 12.3. The number of rotatable bonds is 1. The number of halogens is 4. The summed E-state index contributed by atoms with van der Waals surface area (Å²) in [7, 11) is 0. The Kier molecular flexibility index (Phi) is 4.62. The molecule has 1 heterocycles. The van der Waals surface area contributed by atoms with E-state index in [1.807, 2.05) is 0 Å². The first-order valence-electron chi connectivity index (χ1n) is 4.93. The summed E-state index contributed by atoms with van der Waals surface area (Å²) < 4.78 is 48.3. The van der Waals surface area contributed by atoms with Gasteiger partial charge in [-0.15, -0.1) is 5.10 Å². The van der Waals surface area contributed by atoms with Gasteiger partial charge in [0.05, 0.1) is 11.8 Å². The molecule has 0 bridgehead atoms. The molecule has 0 unspecified atom stereocenters. The van der Waals surface area contributed by atoms with Crippen LogP contribution in [0.4, 0.5) is 23.2 Å². The fourth-order valence-corrected chi connectivity index (χ4v) is 1.08. The fraction of sp³-hybridized carbons (Fsp3) is 0.100. The number of aromatic carboxylic acids is 1. The van der Waals surface area contributed by atoms with Crippen LogP contribution in [0.1, 0.15) is 16.1 Å². The second-order valence-electron chi connectivity index (χ2n) is 3.39. The van der Waals surface area contributed by atoms with Gasteiger partial charge in [0.1, 0.15) is 5.82 Å². The highest BCUT2D eigenvalue weighted by Crippen LogP contribution is 2.33. The van der Waals surface area contributed by atoms with Crippen LogP contribution >= 0.6 is 0 Å². The van der Waals surface area contributed by atoms with E-state index in [4.69, 9.17) is 10.8 Å². The summed E-state index contributed by atoms with van der Waals surface area (Å²) in [6, 6.07) is 2.14. The zero-order valence-electron chi connectivity index (χ0n) is 9.65. The van der Waals surface area contributed by atoms with Crippen molar-refractivity contribution in [1.29, 1.82) is 0 Å². The number of hydrogen-bond acceptors (Lipinski definition) is 4. The molecule has 0 saturated carbocycles. The molecule has 0 fully saturated rings. The number of benzene rings is 1. The lowest BCUT2D eigenvalue weighted by Gasteiger charge is -2.08. The van der Waals surface area contributed by atoms with Crippen LogP contribution in [0.15, 0.2) is 24.4 Å². The van der Waals surface area contributed by atoms with Gasteiger partial charge in [-0.1, -0.05) is 0 Å². The molecule has 0 spiro atoms. The van der Waals surface area contributed by atoms with Gasteiger partial charge in [0.2, 0.25) is 0 Å². The second-order valence-corrected chi connectivity index (χ2v) is 3.39. The number of anilines is 1. The van der Waals surface area contributed by atoms with Crippen molar-refractivity contribution in [3.63, 3.8) is 0 Å². The van der Waals surface area contributed by atoms with Crippen LogP contribution in [-0.2, 0) is 6.18 Å². The molecule has 0 aliphatic heterocycles. The van der Waals surface area contributed by atoms with Gasteiger partial charge in [0.25, 0.3) is 0 Å². The molecule has 0 radical (unpaired) electrons. The lowest BCUT2D eigenvalue weighted by molar-refractivity contribution is -0.137. The third-order valence-corrected chi connectivity index (χ3v) is 1.95. The van der Waals surface area contributed by atoms with Crippen LogP contribution in [0.3, 0.4) is 0 Å². The van der Waals surface area contributed by atoms with E-state index in [9.17, 15) is 22.4 Å². The number of H-pyrrole nitrogens is 1. The smallest absolute Gasteiger partial charge is 0.418 e. The van der Waals surface area contributed by atoms with Crippen LogP contribution in [-0.4, -0.2) is 26.5 Å². The van der Waals surface area contributed by atoms with Crippen molar-refractivity contribution in [2.75, 3.05) is 5.73 Å². The van der Waals surface area contributed by atoms with Gasteiger partial charge in [-0.2, -0.15) is 23.5 Å². The quantitative estimate of drug-likeness (QED) is 0.550. The maximum atomic E-state index is 12.3. The monoisotopic (exact) mass is 292 g/mol. The summed E-state index contributed by atoms with van der Waals surface area (Å²) in [4.78, 5) is 9.94. The fourth-order valence-electron chi connectivity index (χ4n) is 1.08.